The Morgan fingerprint density at radius 2 is 2.00 bits per heavy atom. The van der Waals surface area contributed by atoms with Crippen LogP contribution in [0.1, 0.15) is 24.8 Å². The number of rotatable bonds is 4. The first-order chi connectivity index (χ1) is 6.25. The van der Waals surface area contributed by atoms with Crippen molar-refractivity contribution in [2.45, 2.75) is 25.4 Å². The maximum absolute atomic E-state index is 10.2. The predicted octanol–water partition coefficient (Wildman–Crippen LogP) is 1.74. The minimum absolute atomic E-state index is 0.0198. The minimum Gasteiger partial charge on any atom is -0.392 e. The number of aliphatic hydroxyl groups is 1. The molecule has 1 aromatic rings. The monoisotopic (exact) mass is 178 g/mol. The van der Waals surface area contributed by atoms with Crippen molar-refractivity contribution in [2.24, 2.45) is 0 Å². The van der Waals surface area contributed by atoms with E-state index in [0.29, 0.717) is 0 Å². The Bertz CT molecular complexity index is 256. The molecule has 0 aromatic heterocycles. The highest BCUT2D eigenvalue weighted by atomic mass is 16.3. The second-order valence-electron chi connectivity index (χ2n) is 3.17. The fraction of sp³-hybridized carbons (Fsp3) is 0.364. The number of benzene rings is 1. The first-order valence-corrected chi connectivity index (χ1v) is 4.42. The molecular formula is C11H14O2. The zero-order chi connectivity index (χ0) is 9.68. The zero-order valence-electron chi connectivity index (χ0n) is 7.68. The van der Waals surface area contributed by atoms with E-state index in [1.807, 2.05) is 37.3 Å². The largest absolute Gasteiger partial charge is 0.392 e. The van der Waals surface area contributed by atoms with Gasteiger partial charge in [0.05, 0.1) is 6.10 Å². The van der Waals surface area contributed by atoms with E-state index in [-0.39, 0.29) is 12.3 Å². The summed E-state index contributed by atoms with van der Waals surface area (Å²) in [5.41, 5.74) is 1.07. The van der Waals surface area contributed by atoms with Crippen LogP contribution in [0.5, 0.6) is 0 Å². The molecule has 0 fully saturated rings. The molecule has 70 valence electrons. The van der Waals surface area contributed by atoms with Crippen molar-refractivity contribution in [1.29, 1.82) is 0 Å². The molecule has 2 unspecified atom stereocenters. The zero-order valence-corrected chi connectivity index (χ0v) is 7.68. The highest BCUT2D eigenvalue weighted by Crippen LogP contribution is 2.19. The van der Waals surface area contributed by atoms with Gasteiger partial charge in [-0.3, -0.25) is 0 Å². The molecule has 1 rings (SSSR count). The molecule has 0 saturated heterocycles. The van der Waals surface area contributed by atoms with Crippen LogP contribution in [-0.2, 0) is 4.79 Å². The van der Waals surface area contributed by atoms with Gasteiger partial charge in [0.25, 0.3) is 0 Å². The van der Waals surface area contributed by atoms with Gasteiger partial charge in [0.1, 0.15) is 6.29 Å². The van der Waals surface area contributed by atoms with Crippen molar-refractivity contribution in [3.8, 4) is 0 Å². The van der Waals surface area contributed by atoms with Crippen LogP contribution in [0.2, 0.25) is 0 Å². The van der Waals surface area contributed by atoms with E-state index in [2.05, 4.69) is 0 Å². The second kappa shape index (κ2) is 4.77. The highest BCUT2D eigenvalue weighted by Gasteiger charge is 2.14. The first-order valence-electron chi connectivity index (χ1n) is 4.42. The molecule has 0 spiro atoms. The molecule has 0 aliphatic rings. The lowest BCUT2D eigenvalue weighted by Gasteiger charge is -2.16. The van der Waals surface area contributed by atoms with Crippen LogP contribution in [0, 0.1) is 0 Å². The quantitative estimate of drug-likeness (QED) is 0.713. The standard InChI is InChI=1S/C11H14O2/c1-9(11(13)7-8-12)10-5-3-2-4-6-10/h2-6,8-9,11,13H,7H2,1H3. The maximum atomic E-state index is 10.2. The normalized spacial score (nSPS) is 14.9. The predicted molar refractivity (Wildman–Crippen MR) is 51.5 cm³/mol. The maximum Gasteiger partial charge on any atom is 0.122 e. The van der Waals surface area contributed by atoms with E-state index in [4.69, 9.17) is 0 Å². The molecule has 2 heteroatoms. The summed E-state index contributed by atoms with van der Waals surface area (Å²) in [6.45, 7) is 1.92. The average molecular weight is 178 g/mol. The van der Waals surface area contributed by atoms with Gasteiger partial charge < -0.3 is 9.90 Å². The number of hydrogen-bond acceptors (Lipinski definition) is 2. The van der Waals surface area contributed by atoms with Gasteiger partial charge in [-0.25, -0.2) is 0 Å². The molecule has 2 nitrogen and oxygen atoms in total. The van der Waals surface area contributed by atoms with Crippen LogP contribution >= 0.6 is 0 Å². The Labute approximate surface area is 78.2 Å². The molecule has 13 heavy (non-hydrogen) atoms. The highest BCUT2D eigenvalue weighted by molar-refractivity contribution is 5.50. The summed E-state index contributed by atoms with van der Waals surface area (Å²) >= 11 is 0. The van der Waals surface area contributed by atoms with E-state index in [1.54, 1.807) is 0 Å². The summed E-state index contributed by atoms with van der Waals surface area (Å²) in [5, 5.41) is 9.54. The molecule has 0 saturated carbocycles. The molecule has 2 atom stereocenters. The van der Waals surface area contributed by atoms with Crippen LogP contribution in [0.3, 0.4) is 0 Å². The Morgan fingerprint density at radius 1 is 1.38 bits per heavy atom. The SMILES string of the molecule is CC(c1ccccc1)C(O)CC=O. The fourth-order valence-corrected chi connectivity index (χ4v) is 1.28. The number of carbonyl (C=O) groups is 1. The minimum atomic E-state index is -0.570. The molecule has 0 aliphatic carbocycles. The number of carbonyl (C=O) groups excluding carboxylic acids is 1. The Hall–Kier alpha value is -1.15. The molecule has 0 bridgehead atoms. The third-order valence-electron chi connectivity index (χ3n) is 2.24. The number of hydrogen-bond donors (Lipinski definition) is 1. The van der Waals surface area contributed by atoms with E-state index < -0.39 is 6.10 Å². The molecule has 1 N–H and O–H groups in total. The van der Waals surface area contributed by atoms with Crippen molar-refractivity contribution in [3.63, 3.8) is 0 Å². The lowest BCUT2D eigenvalue weighted by atomic mass is 9.94. The second-order valence-corrected chi connectivity index (χ2v) is 3.17. The summed E-state index contributed by atoms with van der Waals surface area (Å²) in [6, 6.07) is 9.71. The van der Waals surface area contributed by atoms with Gasteiger partial charge in [0.2, 0.25) is 0 Å². The average Bonchev–Trinajstić information content (AvgIpc) is 2.18. The Kier molecular flexibility index (Phi) is 3.65. The van der Waals surface area contributed by atoms with E-state index >= 15 is 0 Å². The van der Waals surface area contributed by atoms with Crippen molar-refractivity contribution in [2.75, 3.05) is 0 Å². The summed E-state index contributed by atoms with van der Waals surface area (Å²) in [6.07, 6.45) is 0.389. The van der Waals surface area contributed by atoms with Gasteiger partial charge in [-0.1, -0.05) is 37.3 Å². The smallest absolute Gasteiger partial charge is 0.122 e. The van der Waals surface area contributed by atoms with Gasteiger partial charge in [-0.05, 0) is 5.56 Å². The molecule has 0 heterocycles. The van der Waals surface area contributed by atoms with Gasteiger partial charge in [0.15, 0.2) is 0 Å². The molecule has 0 aliphatic heterocycles. The van der Waals surface area contributed by atoms with Gasteiger partial charge in [-0.2, -0.15) is 0 Å². The number of aldehydes is 1. The van der Waals surface area contributed by atoms with Crippen molar-refractivity contribution >= 4 is 6.29 Å². The van der Waals surface area contributed by atoms with Crippen LogP contribution in [0.4, 0.5) is 0 Å². The molecule has 0 radical (unpaired) electrons. The number of aliphatic hydroxyl groups excluding tert-OH is 1. The fourth-order valence-electron chi connectivity index (χ4n) is 1.28. The molecule has 0 amide bonds. The van der Waals surface area contributed by atoms with Gasteiger partial charge in [0, 0.05) is 12.3 Å². The molecule has 1 aromatic carbocycles. The summed E-state index contributed by atoms with van der Waals surface area (Å²) in [5.74, 6) is 0.0198. The summed E-state index contributed by atoms with van der Waals surface area (Å²) < 4.78 is 0. The molecular weight excluding hydrogens is 164 g/mol. The van der Waals surface area contributed by atoms with Crippen molar-refractivity contribution < 1.29 is 9.90 Å². The first kappa shape index (κ1) is 9.93. The van der Waals surface area contributed by atoms with E-state index in [1.165, 1.54) is 0 Å². The lowest BCUT2D eigenvalue weighted by molar-refractivity contribution is -0.109. The van der Waals surface area contributed by atoms with Crippen LogP contribution in [0.25, 0.3) is 0 Å². The topological polar surface area (TPSA) is 37.3 Å². The van der Waals surface area contributed by atoms with Crippen LogP contribution in [0.15, 0.2) is 30.3 Å². The third kappa shape index (κ3) is 2.67. The lowest BCUT2D eigenvalue weighted by Crippen LogP contribution is -2.15. The van der Waals surface area contributed by atoms with Crippen LogP contribution in [-0.4, -0.2) is 17.5 Å². The summed E-state index contributed by atoms with van der Waals surface area (Å²) in [7, 11) is 0. The van der Waals surface area contributed by atoms with E-state index in [9.17, 15) is 9.90 Å². The van der Waals surface area contributed by atoms with Gasteiger partial charge in [-0.15, -0.1) is 0 Å². The summed E-state index contributed by atoms with van der Waals surface area (Å²) in [4.78, 5) is 10.2. The van der Waals surface area contributed by atoms with Gasteiger partial charge >= 0.3 is 0 Å². The van der Waals surface area contributed by atoms with E-state index in [0.717, 1.165) is 11.8 Å². The Morgan fingerprint density at radius 3 is 2.54 bits per heavy atom. The Balaban J connectivity index is 2.67. The third-order valence-corrected chi connectivity index (χ3v) is 2.24. The van der Waals surface area contributed by atoms with Crippen molar-refractivity contribution in [1.82, 2.24) is 0 Å². The van der Waals surface area contributed by atoms with Crippen molar-refractivity contribution in [3.05, 3.63) is 35.9 Å². The van der Waals surface area contributed by atoms with Crippen LogP contribution < -0.4 is 0 Å².